The highest BCUT2D eigenvalue weighted by atomic mass is 28.3. The average molecular weight is 523 g/mol. The van der Waals surface area contributed by atoms with Crippen molar-refractivity contribution in [2.75, 3.05) is 13.2 Å². The Morgan fingerprint density at radius 2 is 1.65 bits per heavy atom. The molecule has 2 saturated heterocycles. The molecule has 0 spiro atoms. The van der Waals surface area contributed by atoms with Crippen molar-refractivity contribution in [1.82, 2.24) is 0 Å². The number of hydrogen-bond acceptors (Lipinski definition) is 5. The SMILES string of the molecule is CC(C)(C)C(O[SiH](c1ccccc1)c1ccccc1)[C@H]1[C@H]2COC(=O)C[C@@]2(C)C[C@H]1OC1CCCCO1. The van der Waals surface area contributed by atoms with Crippen LogP contribution in [0.15, 0.2) is 60.7 Å². The Balaban J connectivity index is 1.52. The molecule has 0 radical (unpaired) electrons. The lowest BCUT2D eigenvalue weighted by molar-refractivity contribution is -0.206. The summed E-state index contributed by atoms with van der Waals surface area (Å²) < 4.78 is 25.9. The van der Waals surface area contributed by atoms with E-state index in [1.165, 1.54) is 10.4 Å². The summed E-state index contributed by atoms with van der Waals surface area (Å²) in [5.74, 6) is 0.191. The number of carbonyl (C=O) groups is 1. The second-order valence-corrected chi connectivity index (χ2v) is 14.9. The molecule has 37 heavy (non-hydrogen) atoms. The molecule has 0 amide bonds. The van der Waals surface area contributed by atoms with Crippen LogP contribution in [0, 0.1) is 22.7 Å². The van der Waals surface area contributed by atoms with Crippen LogP contribution in [0.5, 0.6) is 0 Å². The number of cyclic esters (lactones) is 1. The van der Waals surface area contributed by atoms with Crippen LogP contribution in [-0.2, 0) is 23.4 Å². The van der Waals surface area contributed by atoms with Gasteiger partial charge < -0.3 is 18.6 Å². The van der Waals surface area contributed by atoms with Gasteiger partial charge in [-0.1, -0.05) is 88.4 Å². The Bertz CT molecular complexity index is 993. The van der Waals surface area contributed by atoms with Gasteiger partial charge in [-0.2, -0.15) is 0 Å². The minimum atomic E-state index is -2.02. The van der Waals surface area contributed by atoms with Crippen molar-refractivity contribution in [1.29, 1.82) is 0 Å². The van der Waals surface area contributed by atoms with E-state index in [-0.39, 0.29) is 47.1 Å². The molecule has 200 valence electrons. The summed E-state index contributed by atoms with van der Waals surface area (Å²) in [6.07, 6.45) is 4.11. The second-order valence-electron chi connectivity index (χ2n) is 12.5. The average Bonchev–Trinajstić information content (AvgIpc) is 3.15. The Morgan fingerprint density at radius 3 is 2.22 bits per heavy atom. The zero-order chi connectivity index (χ0) is 26.0. The van der Waals surface area contributed by atoms with Gasteiger partial charge in [-0.25, -0.2) is 0 Å². The fraction of sp³-hybridized carbons (Fsp3) is 0.581. The molecule has 0 N–H and O–H groups in total. The first-order chi connectivity index (χ1) is 17.7. The standard InChI is InChI=1S/C31H42O5Si/c1-30(2,3)29(36-37(22-13-7-5-8-14-22)23-15-9-6-10-16-23)28-24-21-34-26(32)20-31(24,4)19-25(28)35-27-17-11-12-18-33-27/h5-10,13-16,24-25,27-29,37H,11-12,17-21H2,1-4H3/t24-,25-,27?,28+,29?,31-/m1/s1. The van der Waals surface area contributed by atoms with Crippen LogP contribution in [0.4, 0.5) is 0 Å². The highest BCUT2D eigenvalue weighted by molar-refractivity contribution is 6.80. The number of carbonyl (C=O) groups excluding carboxylic acids is 1. The number of hydrogen-bond donors (Lipinski definition) is 0. The maximum absolute atomic E-state index is 12.4. The predicted molar refractivity (Wildman–Crippen MR) is 147 cm³/mol. The topological polar surface area (TPSA) is 54.0 Å². The molecule has 1 aliphatic carbocycles. The third kappa shape index (κ3) is 5.87. The molecule has 5 rings (SSSR count). The van der Waals surface area contributed by atoms with E-state index in [0.717, 1.165) is 32.3 Å². The maximum atomic E-state index is 12.4. The van der Waals surface area contributed by atoms with Gasteiger partial charge in [-0.3, -0.25) is 4.79 Å². The monoisotopic (exact) mass is 522 g/mol. The Morgan fingerprint density at radius 1 is 1.00 bits per heavy atom. The van der Waals surface area contributed by atoms with E-state index in [4.69, 9.17) is 18.6 Å². The van der Waals surface area contributed by atoms with Crippen LogP contribution < -0.4 is 10.4 Å². The van der Waals surface area contributed by atoms with E-state index in [2.05, 4.69) is 88.4 Å². The highest BCUT2D eigenvalue weighted by Gasteiger charge is 2.59. The molecule has 3 aliphatic rings. The first-order valence-electron chi connectivity index (χ1n) is 13.9. The molecule has 0 aromatic heterocycles. The van der Waals surface area contributed by atoms with Crippen molar-refractivity contribution in [2.45, 2.75) is 78.3 Å². The summed E-state index contributed by atoms with van der Waals surface area (Å²) in [6.45, 7) is 10.3. The summed E-state index contributed by atoms with van der Waals surface area (Å²) in [5.41, 5.74) is -0.302. The van der Waals surface area contributed by atoms with E-state index in [1.54, 1.807) is 0 Å². The van der Waals surface area contributed by atoms with Gasteiger partial charge >= 0.3 is 5.97 Å². The molecule has 6 heteroatoms. The van der Waals surface area contributed by atoms with Crippen molar-refractivity contribution in [2.24, 2.45) is 22.7 Å². The van der Waals surface area contributed by atoms with Crippen LogP contribution >= 0.6 is 0 Å². The summed E-state index contributed by atoms with van der Waals surface area (Å²) in [4.78, 5) is 12.4. The summed E-state index contributed by atoms with van der Waals surface area (Å²) in [7, 11) is -2.02. The molecule has 3 fully saturated rings. The lowest BCUT2D eigenvalue weighted by Gasteiger charge is -2.45. The first-order valence-corrected chi connectivity index (χ1v) is 15.6. The van der Waals surface area contributed by atoms with Crippen molar-refractivity contribution in [3.63, 3.8) is 0 Å². The third-order valence-electron chi connectivity index (χ3n) is 8.58. The van der Waals surface area contributed by atoms with Gasteiger partial charge in [-0.15, -0.1) is 0 Å². The van der Waals surface area contributed by atoms with E-state index >= 15 is 0 Å². The highest BCUT2D eigenvalue weighted by Crippen LogP contribution is 2.56. The lowest BCUT2D eigenvalue weighted by Crippen LogP contribution is -2.55. The molecule has 2 aromatic rings. The molecular formula is C31H42O5Si. The van der Waals surface area contributed by atoms with E-state index in [9.17, 15) is 4.79 Å². The Hall–Kier alpha value is -1.99. The summed E-state index contributed by atoms with van der Waals surface area (Å²) >= 11 is 0. The van der Waals surface area contributed by atoms with Crippen molar-refractivity contribution in [3.8, 4) is 0 Å². The first kappa shape index (κ1) is 26.6. The quantitative estimate of drug-likeness (QED) is 0.397. The van der Waals surface area contributed by atoms with E-state index in [0.29, 0.717) is 13.0 Å². The van der Waals surface area contributed by atoms with E-state index < -0.39 is 9.04 Å². The van der Waals surface area contributed by atoms with Crippen molar-refractivity contribution < 1.29 is 23.4 Å². The maximum Gasteiger partial charge on any atom is 0.306 e. The van der Waals surface area contributed by atoms with Crippen LogP contribution in [-0.4, -0.2) is 46.7 Å². The van der Waals surface area contributed by atoms with Gasteiger partial charge in [0.05, 0.1) is 25.2 Å². The Labute approximate surface area is 223 Å². The van der Waals surface area contributed by atoms with Gasteiger partial charge in [0.15, 0.2) is 6.29 Å². The summed E-state index contributed by atoms with van der Waals surface area (Å²) in [5, 5.41) is 2.54. The van der Waals surface area contributed by atoms with Gasteiger partial charge in [0.2, 0.25) is 9.04 Å². The molecule has 5 nitrogen and oxygen atoms in total. The van der Waals surface area contributed by atoms with Gasteiger partial charge in [0, 0.05) is 18.4 Å². The molecule has 2 unspecified atom stereocenters. The number of rotatable bonds is 7. The molecule has 2 heterocycles. The molecule has 0 bridgehead atoms. The zero-order valence-electron chi connectivity index (χ0n) is 22.7. The van der Waals surface area contributed by atoms with Crippen LogP contribution in [0.3, 0.4) is 0 Å². The van der Waals surface area contributed by atoms with Gasteiger partial charge in [-0.05, 0) is 46.9 Å². The lowest BCUT2D eigenvalue weighted by atomic mass is 9.69. The Kier molecular flexibility index (Phi) is 7.92. The predicted octanol–water partition coefficient (Wildman–Crippen LogP) is 4.46. The fourth-order valence-corrected chi connectivity index (χ4v) is 9.46. The number of esters is 1. The van der Waals surface area contributed by atoms with Crippen LogP contribution in [0.2, 0.25) is 0 Å². The molecule has 6 atom stereocenters. The number of benzene rings is 2. The van der Waals surface area contributed by atoms with Crippen molar-refractivity contribution >= 4 is 25.4 Å². The van der Waals surface area contributed by atoms with Crippen LogP contribution in [0.25, 0.3) is 0 Å². The van der Waals surface area contributed by atoms with Crippen LogP contribution in [0.1, 0.15) is 59.8 Å². The minimum Gasteiger partial charge on any atom is -0.465 e. The number of ether oxygens (including phenoxy) is 3. The third-order valence-corrected chi connectivity index (χ3v) is 11.1. The molecule has 1 saturated carbocycles. The summed E-state index contributed by atoms with van der Waals surface area (Å²) in [6, 6.07) is 21.4. The molecule has 2 aromatic carbocycles. The largest absolute Gasteiger partial charge is 0.465 e. The second kappa shape index (κ2) is 11.0. The minimum absolute atomic E-state index is 0.0435. The number of fused-ring (bicyclic) bond motifs is 1. The smallest absolute Gasteiger partial charge is 0.306 e. The van der Waals surface area contributed by atoms with Crippen molar-refractivity contribution in [3.05, 3.63) is 60.7 Å². The van der Waals surface area contributed by atoms with Gasteiger partial charge in [0.1, 0.15) is 0 Å². The molecular weight excluding hydrogens is 480 g/mol. The normalized spacial score (nSPS) is 31.1. The van der Waals surface area contributed by atoms with Gasteiger partial charge in [0.25, 0.3) is 0 Å². The fourth-order valence-electron chi connectivity index (χ4n) is 6.73. The molecule has 2 aliphatic heterocycles. The zero-order valence-corrected chi connectivity index (χ0v) is 23.9. The van der Waals surface area contributed by atoms with E-state index in [1.807, 2.05) is 0 Å².